The van der Waals surface area contributed by atoms with Gasteiger partial charge in [0.25, 0.3) is 5.91 Å². The molecule has 0 aliphatic carbocycles. The highest BCUT2D eigenvalue weighted by Crippen LogP contribution is 2.25. The van der Waals surface area contributed by atoms with Crippen LogP contribution in [-0.2, 0) is 0 Å². The Kier molecular flexibility index (Phi) is 4.55. The molecule has 2 aromatic carbocycles. The summed E-state index contributed by atoms with van der Waals surface area (Å²) in [4.78, 5) is 12.1. The predicted octanol–water partition coefficient (Wildman–Crippen LogP) is 5.05. The van der Waals surface area contributed by atoms with Crippen molar-refractivity contribution >= 4 is 43.5 Å². The molecule has 20 heavy (non-hydrogen) atoms. The topological polar surface area (TPSA) is 29.1 Å². The average molecular weight is 405 g/mol. The van der Waals surface area contributed by atoms with Crippen LogP contribution in [0.3, 0.4) is 0 Å². The standard InChI is InChI=1S/C14H9Br2F2NO/c1-7-2-3-8(9(15)4-7)14(20)19-13-6-11(17)10(16)5-12(13)18/h2-6H,1H3,(H,19,20). The van der Waals surface area contributed by atoms with Crippen molar-refractivity contribution in [3.05, 3.63) is 62.0 Å². The molecule has 0 radical (unpaired) electrons. The van der Waals surface area contributed by atoms with Crippen LogP contribution in [0.15, 0.2) is 39.3 Å². The van der Waals surface area contributed by atoms with Crippen molar-refractivity contribution in [2.24, 2.45) is 0 Å². The van der Waals surface area contributed by atoms with Crippen LogP contribution in [0.1, 0.15) is 15.9 Å². The molecule has 6 heteroatoms. The van der Waals surface area contributed by atoms with Gasteiger partial charge in [0.1, 0.15) is 11.6 Å². The maximum Gasteiger partial charge on any atom is 0.256 e. The first kappa shape index (κ1) is 15.1. The van der Waals surface area contributed by atoms with E-state index in [9.17, 15) is 13.6 Å². The van der Waals surface area contributed by atoms with Crippen LogP contribution in [0.25, 0.3) is 0 Å². The van der Waals surface area contributed by atoms with Gasteiger partial charge < -0.3 is 5.32 Å². The minimum absolute atomic E-state index is 0.00418. The number of halogens is 4. The highest BCUT2D eigenvalue weighted by molar-refractivity contribution is 9.10. The van der Waals surface area contributed by atoms with Gasteiger partial charge in [-0.25, -0.2) is 8.78 Å². The first-order chi connectivity index (χ1) is 9.38. The molecule has 0 spiro atoms. The van der Waals surface area contributed by atoms with E-state index in [2.05, 4.69) is 37.2 Å². The molecule has 0 aliphatic heterocycles. The van der Waals surface area contributed by atoms with E-state index in [1.165, 1.54) is 0 Å². The number of rotatable bonds is 2. The number of anilines is 1. The quantitative estimate of drug-likeness (QED) is 0.697. The molecule has 1 N–H and O–H groups in total. The van der Waals surface area contributed by atoms with Crippen LogP contribution >= 0.6 is 31.9 Å². The highest BCUT2D eigenvalue weighted by Gasteiger charge is 2.14. The zero-order valence-corrected chi connectivity index (χ0v) is 13.5. The van der Waals surface area contributed by atoms with E-state index in [1.54, 1.807) is 18.2 Å². The van der Waals surface area contributed by atoms with Crippen molar-refractivity contribution in [2.75, 3.05) is 5.32 Å². The number of hydrogen-bond donors (Lipinski definition) is 1. The van der Waals surface area contributed by atoms with Gasteiger partial charge in [-0.2, -0.15) is 0 Å². The Bertz CT molecular complexity index is 689. The first-order valence-electron chi connectivity index (χ1n) is 5.60. The summed E-state index contributed by atoms with van der Waals surface area (Å²) in [5.41, 5.74) is 1.12. The maximum atomic E-state index is 13.6. The second-order valence-corrected chi connectivity index (χ2v) is 5.89. The number of amides is 1. The van der Waals surface area contributed by atoms with Crippen LogP contribution in [0, 0.1) is 18.6 Å². The summed E-state index contributed by atoms with van der Waals surface area (Å²) in [6.45, 7) is 1.89. The third kappa shape index (κ3) is 3.24. The summed E-state index contributed by atoms with van der Waals surface area (Å²) in [6.07, 6.45) is 0. The minimum Gasteiger partial charge on any atom is -0.319 e. The molecule has 0 aromatic heterocycles. The van der Waals surface area contributed by atoms with Crippen molar-refractivity contribution in [3.63, 3.8) is 0 Å². The molecule has 0 atom stereocenters. The van der Waals surface area contributed by atoms with Crippen molar-refractivity contribution in [1.82, 2.24) is 0 Å². The van der Waals surface area contributed by atoms with Gasteiger partial charge in [0.15, 0.2) is 0 Å². The molecule has 0 aliphatic rings. The van der Waals surface area contributed by atoms with E-state index in [0.717, 1.165) is 17.7 Å². The Labute approximate surface area is 131 Å². The SMILES string of the molecule is Cc1ccc(C(=O)Nc2cc(F)c(Br)cc2F)c(Br)c1. The molecule has 0 bridgehead atoms. The monoisotopic (exact) mass is 403 g/mol. The fourth-order valence-electron chi connectivity index (χ4n) is 1.61. The van der Waals surface area contributed by atoms with Gasteiger partial charge in [-0.05, 0) is 62.5 Å². The molecule has 0 fully saturated rings. The highest BCUT2D eigenvalue weighted by atomic mass is 79.9. The van der Waals surface area contributed by atoms with Crippen LogP contribution in [0.5, 0.6) is 0 Å². The van der Waals surface area contributed by atoms with Crippen LogP contribution in [-0.4, -0.2) is 5.91 Å². The van der Waals surface area contributed by atoms with Gasteiger partial charge in [0.05, 0.1) is 15.7 Å². The molecule has 1 amide bonds. The molecular formula is C14H9Br2F2NO. The summed E-state index contributed by atoms with van der Waals surface area (Å²) in [5.74, 6) is -1.88. The zero-order chi connectivity index (χ0) is 14.9. The summed E-state index contributed by atoms with van der Waals surface area (Å²) in [7, 11) is 0. The Morgan fingerprint density at radius 3 is 2.40 bits per heavy atom. The van der Waals surface area contributed by atoms with Crippen molar-refractivity contribution in [1.29, 1.82) is 0 Å². The molecule has 2 rings (SSSR count). The van der Waals surface area contributed by atoms with Gasteiger partial charge in [-0.15, -0.1) is 0 Å². The minimum atomic E-state index is -0.713. The Balaban J connectivity index is 2.30. The third-order valence-corrected chi connectivity index (χ3v) is 3.89. The van der Waals surface area contributed by atoms with Crippen molar-refractivity contribution < 1.29 is 13.6 Å². The second-order valence-electron chi connectivity index (χ2n) is 4.18. The van der Waals surface area contributed by atoms with Crippen molar-refractivity contribution in [3.8, 4) is 0 Å². The molecule has 0 saturated carbocycles. The van der Waals surface area contributed by atoms with Crippen molar-refractivity contribution in [2.45, 2.75) is 6.92 Å². The fraction of sp³-hybridized carbons (Fsp3) is 0.0714. The number of nitrogens with one attached hydrogen (secondary N) is 1. The number of carbonyl (C=O) groups is 1. The molecule has 0 heterocycles. The second kappa shape index (κ2) is 6.01. The van der Waals surface area contributed by atoms with Gasteiger partial charge in [0, 0.05) is 10.5 Å². The molecule has 2 nitrogen and oxygen atoms in total. The molecule has 2 aromatic rings. The number of hydrogen-bond acceptors (Lipinski definition) is 1. The number of benzene rings is 2. The van der Waals surface area contributed by atoms with Gasteiger partial charge in [-0.3, -0.25) is 4.79 Å². The summed E-state index contributed by atoms with van der Waals surface area (Å²) in [6, 6.07) is 7.04. The molecule has 104 valence electrons. The fourth-order valence-corrected chi connectivity index (χ4v) is 2.60. The first-order valence-corrected chi connectivity index (χ1v) is 7.19. The lowest BCUT2D eigenvalue weighted by molar-refractivity contribution is 0.102. The van der Waals surface area contributed by atoms with E-state index in [1.807, 2.05) is 6.92 Å². The lowest BCUT2D eigenvalue weighted by Gasteiger charge is -2.09. The van der Waals surface area contributed by atoms with Crippen LogP contribution in [0.4, 0.5) is 14.5 Å². The van der Waals surface area contributed by atoms with E-state index in [-0.39, 0.29) is 10.2 Å². The average Bonchev–Trinajstić information content (AvgIpc) is 2.35. The van der Waals surface area contributed by atoms with Crippen LogP contribution in [0.2, 0.25) is 0 Å². The summed E-state index contributed by atoms with van der Waals surface area (Å²) >= 11 is 6.15. The lowest BCUT2D eigenvalue weighted by atomic mass is 10.1. The number of carbonyl (C=O) groups excluding carboxylic acids is 1. The maximum absolute atomic E-state index is 13.6. The van der Waals surface area contributed by atoms with E-state index in [0.29, 0.717) is 10.0 Å². The van der Waals surface area contributed by atoms with Crippen LogP contribution < -0.4 is 5.32 Å². The largest absolute Gasteiger partial charge is 0.319 e. The number of aryl methyl sites for hydroxylation is 1. The summed E-state index contributed by atoms with van der Waals surface area (Å²) < 4.78 is 27.6. The van der Waals surface area contributed by atoms with Gasteiger partial charge >= 0.3 is 0 Å². The molecular weight excluding hydrogens is 396 g/mol. The Hall–Kier alpha value is -1.27. The normalized spacial score (nSPS) is 10.4. The third-order valence-electron chi connectivity index (χ3n) is 2.63. The van der Waals surface area contributed by atoms with E-state index >= 15 is 0 Å². The smallest absolute Gasteiger partial charge is 0.256 e. The summed E-state index contributed by atoms with van der Waals surface area (Å²) in [5, 5.41) is 2.35. The Morgan fingerprint density at radius 1 is 1.05 bits per heavy atom. The van der Waals surface area contributed by atoms with Gasteiger partial charge in [0.2, 0.25) is 0 Å². The zero-order valence-electron chi connectivity index (χ0n) is 10.3. The molecule has 0 saturated heterocycles. The molecule has 0 unspecified atom stereocenters. The van der Waals surface area contributed by atoms with Gasteiger partial charge in [-0.1, -0.05) is 6.07 Å². The van der Waals surface area contributed by atoms with E-state index in [4.69, 9.17) is 0 Å². The lowest BCUT2D eigenvalue weighted by Crippen LogP contribution is -2.14. The predicted molar refractivity (Wildman–Crippen MR) is 80.9 cm³/mol. The van der Waals surface area contributed by atoms with E-state index < -0.39 is 17.5 Å². The Morgan fingerprint density at radius 2 is 1.75 bits per heavy atom.